The number of ether oxygens (including phenoxy) is 2. The monoisotopic (exact) mass is 639 g/mol. The lowest BCUT2D eigenvalue weighted by Crippen LogP contribution is -2.63. The summed E-state index contributed by atoms with van der Waals surface area (Å²) >= 11 is 0. The Morgan fingerprint density at radius 3 is 2.48 bits per heavy atom. The molecule has 0 saturated carbocycles. The fourth-order valence-electron chi connectivity index (χ4n) is 6.62. The first-order valence-electron chi connectivity index (χ1n) is 16.5. The first-order valence-corrected chi connectivity index (χ1v) is 16.5. The molecule has 4 heterocycles. The lowest BCUT2D eigenvalue weighted by molar-refractivity contribution is -0.122. The number of benzene rings is 1. The van der Waals surface area contributed by atoms with Crippen LogP contribution in [0.25, 0.3) is 0 Å². The van der Waals surface area contributed by atoms with Crippen molar-refractivity contribution < 1.29 is 23.5 Å². The molecule has 252 valence electrons. The number of hydrogen-bond acceptors (Lipinski definition) is 9. The third-order valence-electron chi connectivity index (χ3n) is 9.18. The zero-order valence-corrected chi connectivity index (χ0v) is 28.1. The van der Waals surface area contributed by atoms with Crippen molar-refractivity contribution in [3.05, 3.63) is 53.0 Å². The molecule has 5 rings (SSSR count). The second kappa shape index (κ2) is 15.2. The minimum Gasteiger partial charge on any atom is -0.474 e. The van der Waals surface area contributed by atoms with Crippen molar-refractivity contribution in [3.63, 3.8) is 0 Å². The maximum absolute atomic E-state index is 14.3. The third-order valence-corrected chi connectivity index (χ3v) is 9.18. The molecular formula is C34H50FN7O4. The molecule has 5 atom stereocenters. The van der Waals surface area contributed by atoms with Gasteiger partial charge in [0.15, 0.2) is 0 Å². The number of aromatic nitrogens is 1. The number of nitrogens with one attached hydrogen (secondary N) is 2. The molecule has 3 aliphatic rings. The first-order chi connectivity index (χ1) is 22.0. The van der Waals surface area contributed by atoms with Gasteiger partial charge < -0.3 is 29.9 Å². The van der Waals surface area contributed by atoms with Gasteiger partial charge >= 0.3 is 0 Å². The van der Waals surface area contributed by atoms with Crippen LogP contribution >= 0.6 is 0 Å². The molecule has 2 fully saturated rings. The van der Waals surface area contributed by atoms with Crippen LogP contribution in [0.5, 0.6) is 5.88 Å². The Kier molecular flexibility index (Phi) is 11.3. The number of amides is 2. The molecule has 2 amide bonds. The van der Waals surface area contributed by atoms with Crippen molar-refractivity contribution in [2.75, 3.05) is 78.1 Å². The fraction of sp³-hybridized carbons (Fsp3) is 0.618. The van der Waals surface area contributed by atoms with E-state index in [2.05, 4.69) is 41.2 Å². The molecule has 12 heteroatoms. The zero-order chi connectivity index (χ0) is 33.0. The van der Waals surface area contributed by atoms with E-state index in [1.165, 1.54) is 12.1 Å². The SMILES string of the molecule is C[C@@H]1CN(CC(=O)N2c3cc(Cc4ccc(F)cc4)c(C(=O)NCCN(C)C)nc3OC[C@@H]2C)[C@@H](CN2[C@H](C)COC[C@H]2C)CN1. The van der Waals surface area contributed by atoms with Gasteiger partial charge in [0.2, 0.25) is 11.8 Å². The quantitative estimate of drug-likeness (QED) is 0.404. The molecule has 11 nitrogen and oxygen atoms in total. The highest BCUT2D eigenvalue weighted by atomic mass is 19.1. The number of likely N-dealkylation sites (N-methyl/N-ethyl adjacent to an activating group) is 1. The van der Waals surface area contributed by atoms with E-state index in [0.29, 0.717) is 56.1 Å². The van der Waals surface area contributed by atoms with E-state index >= 15 is 0 Å². The van der Waals surface area contributed by atoms with E-state index in [1.807, 2.05) is 32.0 Å². The molecule has 46 heavy (non-hydrogen) atoms. The summed E-state index contributed by atoms with van der Waals surface area (Å²) in [6.45, 7) is 14.0. The van der Waals surface area contributed by atoms with Gasteiger partial charge in [0, 0.05) is 56.9 Å². The van der Waals surface area contributed by atoms with Crippen LogP contribution in [0.2, 0.25) is 0 Å². The van der Waals surface area contributed by atoms with Crippen molar-refractivity contribution in [1.82, 2.24) is 30.3 Å². The largest absolute Gasteiger partial charge is 0.474 e. The van der Waals surface area contributed by atoms with E-state index in [-0.39, 0.29) is 60.5 Å². The zero-order valence-electron chi connectivity index (χ0n) is 28.1. The predicted octanol–water partition coefficient (Wildman–Crippen LogP) is 1.99. The number of carbonyl (C=O) groups is 2. The smallest absolute Gasteiger partial charge is 0.270 e. The highest BCUT2D eigenvalue weighted by Gasteiger charge is 2.37. The summed E-state index contributed by atoms with van der Waals surface area (Å²) in [7, 11) is 3.88. The maximum Gasteiger partial charge on any atom is 0.270 e. The van der Waals surface area contributed by atoms with Gasteiger partial charge in [-0.2, -0.15) is 0 Å². The van der Waals surface area contributed by atoms with E-state index in [1.54, 1.807) is 17.0 Å². The second-order valence-electron chi connectivity index (χ2n) is 13.4. The Balaban J connectivity index is 1.41. The van der Waals surface area contributed by atoms with Crippen LogP contribution in [0.4, 0.5) is 10.1 Å². The highest BCUT2D eigenvalue weighted by Crippen LogP contribution is 2.35. The standard InChI is InChI=1S/C34H50FN7O4/c1-22-16-40(29(15-37-22)17-41-23(2)19-45-20-24(41)3)18-31(43)42-25(4)21-46-34-30(42)14-27(13-26-7-9-28(35)10-8-26)32(38-34)33(44)36-11-12-39(5)6/h7-10,14,22-25,29,37H,11-13,15-21H2,1-6H3,(H,36,44)/t22-,23-,24-,25+,29-/m1/s1. The van der Waals surface area contributed by atoms with Crippen LogP contribution in [-0.2, 0) is 16.0 Å². The predicted molar refractivity (Wildman–Crippen MR) is 176 cm³/mol. The third kappa shape index (κ3) is 8.21. The molecule has 0 spiro atoms. The summed E-state index contributed by atoms with van der Waals surface area (Å²) in [6, 6.07) is 8.89. The second-order valence-corrected chi connectivity index (χ2v) is 13.4. The number of rotatable bonds is 10. The number of nitrogens with zero attached hydrogens (tertiary/aromatic N) is 5. The van der Waals surface area contributed by atoms with Gasteiger partial charge in [-0.1, -0.05) is 12.1 Å². The minimum absolute atomic E-state index is 0.0306. The van der Waals surface area contributed by atoms with Gasteiger partial charge in [-0.25, -0.2) is 9.37 Å². The van der Waals surface area contributed by atoms with Gasteiger partial charge in [-0.3, -0.25) is 19.4 Å². The van der Waals surface area contributed by atoms with Crippen LogP contribution < -0.4 is 20.3 Å². The van der Waals surface area contributed by atoms with Crippen molar-refractivity contribution >= 4 is 17.5 Å². The van der Waals surface area contributed by atoms with E-state index in [4.69, 9.17) is 14.5 Å². The summed E-state index contributed by atoms with van der Waals surface area (Å²) in [4.78, 5) is 40.9. The van der Waals surface area contributed by atoms with Crippen LogP contribution in [0.1, 0.15) is 49.3 Å². The molecule has 3 aliphatic heterocycles. The van der Waals surface area contributed by atoms with Crippen molar-refractivity contribution in [2.45, 2.75) is 64.3 Å². The summed E-state index contributed by atoms with van der Waals surface area (Å²) in [5, 5.41) is 6.57. The number of anilines is 1. The fourth-order valence-corrected chi connectivity index (χ4v) is 6.62. The van der Waals surface area contributed by atoms with E-state index < -0.39 is 0 Å². The lowest BCUT2D eigenvalue weighted by atomic mass is 10.0. The molecule has 0 bridgehead atoms. The van der Waals surface area contributed by atoms with Gasteiger partial charge in [-0.15, -0.1) is 0 Å². The highest BCUT2D eigenvalue weighted by molar-refractivity contribution is 5.99. The molecular weight excluding hydrogens is 589 g/mol. The van der Waals surface area contributed by atoms with Gasteiger partial charge in [0.05, 0.1) is 25.8 Å². The van der Waals surface area contributed by atoms with Crippen LogP contribution in [0.3, 0.4) is 0 Å². The number of carbonyl (C=O) groups excluding carboxylic acids is 2. The molecule has 2 aromatic rings. The van der Waals surface area contributed by atoms with Crippen molar-refractivity contribution in [2.24, 2.45) is 0 Å². The Bertz CT molecular complexity index is 1350. The van der Waals surface area contributed by atoms with Crippen LogP contribution in [-0.4, -0.2) is 135 Å². The minimum atomic E-state index is -0.328. The van der Waals surface area contributed by atoms with Crippen molar-refractivity contribution in [3.8, 4) is 5.88 Å². The van der Waals surface area contributed by atoms with Crippen LogP contribution in [0.15, 0.2) is 30.3 Å². The Hall–Kier alpha value is -3.16. The molecule has 0 aliphatic carbocycles. The Morgan fingerprint density at radius 1 is 1.07 bits per heavy atom. The lowest BCUT2D eigenvalue weighted by Gasteiger charge is -2.46. The molecule has 0 radical (unpaired) electrons. The molecule has 1 aromatic carbocycles. The normalized spacial score (nSPS) is 25.7. The van der Waals surface area contributed by atoms with Crippen molar-refractivity contribution in [1.29, 1.82) is 0 Å². The molecule has 1 aromatic heterocycles. The average molecular weight is 640 g/mol. The molecule has 2 saturated heterocycles. The van der Waals surface area contributed by atoms with E-state index in [0.717, 1.165) is 25.2 Å². The maximum atomic E-state index is 14.3. The topological polar surface area (TPSA) is 103 Å². The number of fused-ring (bicyclic) bond motifs is 1. The Labute approximate surface area is 272 Å². The summed E-state index contributed by atoms with van der Waals surface area (Å²) in [6.07, 6.45) is 0.348. The number of piperazine rings is 1. The Morgan fingerprint density at radius 2 is 1.78 bits per heavy atom. The van der Waals surface area contributed by atoms with Gasteiger partial charge in [0.25, 0.3) is 5.91 Å². The van der Waals surface area contributed by atoms with Gasteiger partial charge in [0.1, 0.15) is 23.8 Å². The van der Waals surface area contributed by atoms with E-state index in [9.17, 15) is 14.0 Å². The first kappa shape index (κ1) is 34.2. The van der Waals surface area contributed by atoms with Crippen LogP contribution in [0, 0.1) is 5.82 Å². The summed E-state index contributed by atoms with van der Waals surface area (Å²) in [5.41, 5.74) is 2.28. The average Bonchev–Trinajstić information content (AvgIpc) is 3.00. The summed E-state index contributed by atoms with van der Waals surface area (Å²) in [5.74, 6) is -0.401. The number of halogens is 1. The molecule has 2 N–H and O–H groups in total. The summed E-state index contributed by atoms with van der Waals surface area (Å²) < 4.78 is 25.5. The number of hydrogen-bond donors (Lipinski definition) is 2. The van der Waals surface area contributed by atoms with Gasteiger partial charge in [-0.05, 0) is 77.5 Å². The number of morpholine rings is 1. The molecule has 0 unspecified atom stereocenters. The number of pyridine rings is 1.